The maximum absolute atomic E-state index is 11.8. The molecule has 176 valence electrons. The van der Waals surface area contributed by atoms with Crippen LogP contribution in [0.15, 0.2) is 53.6 Å². The minimum atomic E-state index is -3.82. The van der Waals surface area contributed by atoms with Crippen LogP contribution in [0, 0.1) is 13.8 Å². The largest absolute Gasteiger partial charge is 0.329 e. The molecule has 0 fully saturated rings. The van der Waals surface area contributed by atoms with Gasteiger partial charge in [-0.15, -0.1) is 24.8 Å². The van der Waals surface area contributed by atoms with E-state index in [1.165, 1.54) is 6.07 Å². The highest BCUT2D eigenvalue weighted by Gasteiger charge is 2.14. The van der Waals surface area contributed by atoms with Gasteiger partial charge in [-0.2, -0.15) is 10.1 Å². The number of aromatic nitrogens is 4. The number of nitrogens with one attached hydrogen (secondary N) is 1. The highest BCUT2D eigenvalue weighted by molar-refractivity contribution is 7.89. The Morgan fingerprint density at radius 1 is 1.06 bits per heavy atom. The van der Waals surface area contributed by atoms with E-state index >= 15 is 0 Å². The quantitative estimate of drug-likeness (QED) is 0.417. The second kappa shape index (κ2) is 9.92. The molecule has 0 spiro atoms. The van der Waals surface area contributed by atoms with Crippen molar-refractivity contribution < 1.29 is 8.42 Å². The lowest BCUT2D eigenvalue weighted by Gasteiger charge is -2.19. The number of halogens is 2. The summed E-state index contributed by atoms with van der Waals surface area (Å²) in [5.74, 6) is 1.01. The van der Waals surface area contributed by atoms with Crippen LogP contribution in [0.25, 0.3) is 10.9 Å². The van der Waals surface area contributed by atoms with E-state index in [1.54, 1.807) is 31.3 Å². The molecular weight excluding hydrogens is 485 g/mol. The lowest BCUT2D eigenvalue weighted by Crippen LogP contribution is -2.14. The first kappa shape index (κ1) is 26.3. The monoisotopic (exact) mass is 509 g/mol. The van der Waals surface area contributed by atoms with Crippen molar-refractivity contribution in [3.63, 3.8) is 0 Å². The number of rotatable bonds is 5. The van der Waals surface area contributed by atoms with E-state index < -0.39 is 10.0 Å². The van der Waals surface area contributed by atoms with Crippen LogP contribution in [0.3, 0.4) is 0 Å². The average Bonchev–Trinajstić information content (AvgIpc) is 3.01. The number of hydrogen-bond donors (Lipinski definition) is 2. The van der Waals surface area contributed by atoms with Crippen molar-refractivity contribution in [2.75, 3.05) is 17.3 Å². The molecule has 12 heteroatoms. The van der Waals surface area contributed by atoms with Gasteiger partial charge in [0.1, 0.15) is 5.82 Å². The summed E-state index contributed by atoms with van der Waals surface area (Å²) >= 11 is 0. The summed E-state index contributed by atoms with van der Waals surface area (Å²) < 4.78 is 25.4. The fraction of sp³-hybridized carbons (Fsp3) is 0.190. The number of benzene rings is 2. The van der Waals surface area contributed by atoms with Gasteiger partial charge in [-0.3, -0.25) is 4.68 Å². The Kier molecular flexibility index (Phi) is 7.91. The lowest BCUT2D eigenvalue weighted by molar-refractivity contribution is 0.597. The zero-order chi connectivity index (χ0) is 22.3. The zero-order valence-electron chi connectivity index (χ0n) is 18.5. The van der Waals surface area contributed by atoms with E-state index in [9.17, 15) is 8.42 Å². The molecule has 0 unspecified atom stereocenters. The van der Waals surface area contributed by atoms with E-state index in [4.69, 9.17) is 5.14 Å². The Balaban J connectivity index is 0.00000193. The third-order valence-electron chi connectivity index (χ3n) is 5.24. The SMILES string of the molecule is Cc1ccc(Nc2nccc(N(C)c3ccc4c(C)n(C)nc4c3)n2)cc1S(N)(=O)=O.Cl.Cl. The Bertz CT molecular complexity index is 1410. The van der Waals surface area contributed by atoms with Crippen LogP contribution >= 0.6 is 24.8 Å². The highest BCUT2D eigenvalue weighted by Crippen LogP contribution is 2.28. The van der Waals surface area contributed by atoms with Crippen LogP contribution in [0.1, 0.15) is 11.3 Å². The molecule has 3 N–H and O–H groups in total. The minimum absolute atomic E-state index is 0. The molecule has 0 saturated carbocycles. The summed E-state index contributed by atoms with van der Waals surface area (Å²) in [4.78, 5) is 10.8. The summed E-state index contributed by atoms with van der Waals surface area (Å²) in [6.07, 6.45) is 1.64. The van der Waals surface area contributed by atoms with Gasteiger partial charge in [0.25, 0.3) is 0 Å². The number of fused-ring (bicyclic) bond motifs is 1. The van der Waals surface area contributed by atoms with Gasteiger partial charge >= 0.3 is 0 Å². The third-order valence-corrected chi connectivity index (χ3v) is 6.29. The van der Waals surface area contributed by atoms with Crippen molar-refractivity contribution in [1.29, 1.82) is 0 Å². The van der Waals surface area contributed by atoms with Gasteiger partial charge in [-0.05, 0) is 55.8 Å². The van der Waals surface area contributed by atoms with Crippen molar-refractivity contribution in [3.8, 4) is 0 Å². The van der Waals surface area contributed by atoms with E-state index in [1.807, 2.05) is 48.8 Å². The molecule has 0 amide bonds. The van der Waals surface area contributed by atoms with Gasteiger partial charge in [-0.1, -0.05) is 6.07 Å². The van der Waals surface area contributed by atoms with Gasteiger partial charge in [0, 0.05) is 42.7 Å². The fourth-order valence-corrected chi connectivity index (χ4v) is 4.18. The van der Waals surface area contributed by atoms with Crippen LogP contribution in [-0.2, 0) is 17.1 Å². The number of hydrogen-bond acceptors (Lipinski definition) is 7. The van der Waals surface area contributed by atoms with Crippen LogP contribution in [0.2, 0.25) is 0 Å². The minimum Gasteiger partial charge on any atom is -0.329 e. The van der Waals surface area contributed by atoms with E-state index in [0.29, 0.717) is 23.0 Å². The first-order valence-electron chi connectivity index (χ1n) is 9.54. The molecule has 0 radical (unpaired) electrons. The molecule has 0 atom stereocenters. The molecule has 0 aliphatic carbocycles. The summed E-state index contributed by atoms with van der Waals surface area (Å²) in [5.41, 5.74) is 4.05. The zero-order valence-corrected chi connectivity index (χ0v) is 20.9. The summed E-state index contributed by atoms with van der Waals surface area (Å²) in [6, 6.07) is 12.8. The van der Waals surface area contributed by atoms with Gasteiger partial charge in [0.05, 0.1) is 10.4 Å². The average molecular weight is 510 g/mol. The van der Waals surface area contributed by atoms with Gasteiger partial charge in [0.2, 0.25) is 16.0 Å². The molecule has 2 aromatic carbocycles. The third kappa shape index (κ3) is 5.36. The number of aryl methyl sites for hydroxylation is 3. The molecule has 0 aliphatic rings. The van der Waals surface area contributed by atoms with Crippen LogP contribution in [-0.4, -0.2) is 35.2 Å². The van der Waals surface area contributed by atoms with E-state index in [0.717, 1.165) is 22.3 Å². The number of sulfonamides is 1. The standard InChI is InChI=1S/C21H23N7O2S.2ClH/c1-13-5-6-15(11-19(13)31(22,29)30)24-21-23-10-9-20(25-21)27(3)16-7-8-17-14(2)28(4)26-18(17)12-16;;/h5-12H,1-4H3,(H2,22,29,30)(H,23,24,25);2*1H. The molecule has 0 bridgehead atoms. The van der Waals surface area contributed by atoms with Crippen molar-refractivity contribution >= 4 is 68.9 Å². The number of nitrogens with two attached hydrogens (primary N) is 1. The topological polar surface area (TPSA) is 119 Å². The molecule has 4 rings (SSSR count). The van der Waals surface area contributed by atoms with Crippen LogP contribution < -0.4 is 15.4 Å². The molecular formula is C21H25Cl2N7O2S. The predicted molar refractivity (Wildman–Crippen MR) is 136 cm³/mol. The van der Waals surface area contributed by atoms with Crippen LogP contribution in [0.5, 0.6) is 0 Å². The maximum atomic E-state index is 11.8. The number of primary sulfonamides is 1. The fourth-order valence-electron chi connectivity index (χ4n) is 3.37. The van der Waals surface area contributed by atoms with Crippen molar-refractivity contribution in [3.05, 3.63) is 59.9 Å². The summed E-state index contributed by atoms with van der Waals surface area (Å²) in [5, 5.41) is 14.0. The normalized spacial score (nSPS) is 10.9. The Labute approximate surface area is 204 Å². The summed E-state index contributed by atoms with van der Waals surface area (Å²) in [7, 11) is 0.0129. The highest BCUT2D eigenvalue weighted by atomic mass is 35.5. The lowest BCUT2D eigenvalue weighted by atomic mass is 10.2. The first-order chi connectivity index (χ1) is 14.6. The maximum Gasteiger partial charge on any atom is 0.238 e. The molecule has 0 aliphatic heterocycles. The number of anilines is 4. The van der Waals surface area contributed by atoms with Gasteiger partial charge in [0.15, 0.2) is 0 Å². The molecule has 2 heterocycles. The second-order valence-electron chi connectivity index (χ2n) is 7.36. The van der Waals surface area contributed by atoms with E-state index in [-0.39, 0.29) is 29.7 Å². The molecule has 2 aromatic heterocycles. The Morgan fingerprint density at radius 3 is 2.48 bits per heavy atom. The number of nitrogens with zero attached hydrogens (tertiary/aromatic N) is 5. The Hall–Kier alpha value is -2.92. The molecule has 33 heavy (non-hydrogen) atoms. The van der Waals surface area contributed by atoms with Gasteiger partial charge < -0.3 is 10.2 Å². The van der Waals surface area contributed by atoms with Crippen molar-refractivity contribution in [2.24, 2.45) is 12.2 Å². The van der Waals surface area contributed by atoms with Gasteiger partial charge in [-0.25, -0.2) is 18.5 Å². The van der Waals surface area contributed by atoms with Crippen molar-refractivity contribution in [2.45, 2.75) is 18.7 Å². The van der Waals surface area contributed by atoms with E-state index in [2.05, 4.69) is 20.4 Å². The second-order valence-corrected chi connectivity index (χ2v) is 8.89. The first-order valence-corrected chi connectivity index (χ1v) is 11.1. The van der Waals surface area contributed by atoms with Crippen LogP contribution in [0.4, 0.5) is 23.1 Å². The Morgan fingerprint density at radius 2 is 1.79 bits per heavy atom. The smallest absolute Gasteiger partial charge is 0.238 e. The molecule has 0 saturated heterocycles. The molecule has 4 aromatic rings. The predicted octanol–water partition coefficient (Wildman–Crippen LogP) is 3.98. The molecule has 9 nitrogen and oxygen atoms in total. The van der Waals surface area contributed by atoms with Crippen molar-refractivity contribution in [1.82, 2.24) is 19.7 Å². The summed E-state index contributed by atoms with van der Waals surface area (Å²) in [6.45, 7) is 3.73.